The highest BCUT2D eigenvalue weighted by Gasteiger charge is 2.12. The summed E-state index contributed by atoms with van der Waals surface area (Å²) in [6, 6.07) is 0. The summed E-state index contributed by atoms with van der Waals surface area (Å²) in [5, 5.41) is 7.07. The first-order valence-corrected chi connectivity index (χ1v) is 7.50. The van der Waals surface area contributed by atoms with E-state index in [0.717, 1.165) is 13.1 Å². The second-order valence-corrected chi connectivity index (χ2v) is 7.18. The minimum Gasteiger partial charge on any atom is -0.311 e. The van der Waals surface area contributed by atoms with Crippen molar-refractivity contribution in [2.24, 2.45) is 0 Å². The molecule has 98 valence electrons. The van der Waals surface area contributed by atoms with Crippen LogP contribution in [0.1, 0.15) is 48.0 Å². The predicted molar refractivity (Wildman–Crippen MR) is 77.5 cm³/mol. The molecule has 3 heteroatoms. The molecule has 0 rings (SSSR count). The summed E-state index contributed by atoms with van der Waals surface area (Å²) in [7, 11) is 0. The molecule has 0 bridgehead atoms. The second kappa shape index (κ2) is 7.57. The normalized spacial score (nSPS) is 13.1. The summed E-state index contributed by atoms with van der Waals surface area (Å²) in [5.74, 6) is 2.40. The molecule has 0 spiro atoms. The summed E-state index contributed by atoms with van der Waals surface area (Å²) in [4.78, 5) is 0. The van der Waals surface area contributed by atoms with Crippen LogP contribution >= 0.6 is 11.8 Å². The lowest BCUT2D eigenvalue weighted by Gasteiger charge is -2.24. The lowest BCUT2D eigenvalue weighted by atomic mass is 10.0. The number of thioether (sulfide) groups is 1. The third-order valence-electron chi connectivity index (χ3n) is 2.64. The van der Waals surface area contributed by atoms with Gasteiger partial charge in [0, 0.05) is 35.7 Å². The molecule has 0 aromatic rings. The van der Waals surface area contributed by atoms with Gasteiger partial charge in [-0.2, -0.15) is 11.8 Å². The first kappa shape index (κ1) is 16.3. The van der Waals surface area contributed by atoms with E-state index < -0.39 is 0 Å². The topological polar surface area (TPSA) is 24.1 Å². The van der Waals surface area contributed by atoms with E-state index in [1.807, 2.05) is 11.8 Å². The Balaban J connectivity index is 3.29. The highest BCUT2D eigenvalue weighted by Crippen LogP contribution is 2.07. The van der Waals surface area contributed by atoms with Crippen LogP contribution in [0, 0.1) is 0 Å². The molecule has 0 aliphatic rings. The average molecular weight is 246 g/mol. The largest absolute Gasteiger partial charge is 0.311 e. The zero-order valence-electron chi connectivity index (χ0n) is 11.9. The Morgan fingerprint density at radius 2 is 1.38 bits per heavy atom. The van der Waals surface area contributed by atoms with Crippen LogP contribution in [0.25, 0.3) is 0 Å². The van der Waals surface area contributed by atoms with E-state index in [2.05, 4.69) is 52.2 Å². The van der Waals surface area contributed by atoms with Crippen molar-refractivity contribution >= 4 is 11.8 Å². The van der Waals surface area contributed by atoms with Crippen LogP contribution in [-0.2, 0) is 0 Å². The van der Waals surface area contributed by atoms with Crippen molar-refractivity contribution in [2.45, 2.75) is 59.0 Å². The van der Waals surface area contributed by atoms with Crippen LogP contribution in [0.4, 0.5) is 0 Å². The van der Waals surface area contributed by atoms with Crippen LogP contribution in [0.3, 0.4) is 0 Å². The van der Waals surface area contributed by atoms with Crippen LogP contribution < -0.4 is 10.6 Å². The SMILES string of the molecule is CCC(C)(C)NCCSCCNC(C)(C)C. The van der Waals surface area contributed by atoms with Crippen molar-refractivity contribution in [1.82, 2.24) is 10.6 Å². The summed E-state index contributed by atoms with van der Waals surface area (Å²) < 4.78 is 0. The van der Waals surface area contributed by atoms with Gasteiger partial charge in [-0.25, -0.2) is 0 Å². The van der Waals surface area contributed by atoms with Gasteiger partial charge in [0.05, 0.1) is 0 Å². The Hall–Kier alpha value is 0.270. The Morgan fingerprint density at radius 3 is 1.81 bits per heavy atom. The summed E-state index contributed by atoms with van der Waals surface area (Å²) in [6.07, 6.45) is 1.18. The smallest absolute Gasteiger partial charge is 0.0122 e. The van der Waals surface area contributed by atoms with Gasteiger partial charge in [0.25, 0.3) is 0 Å². The monoisotopic (exact) mass is 246 g/mol. The lowest BCUT2D eigenvalue weighted by Crippen LogP contribution is -2.40. The zero-order chi connectivity index (χ0) is 12.7. The van der Waals surface area contributed by atoms with Gasteiger partial charge in [0.2, 0.25) is 0 Å². The molecule has 0 saturated carbocycles. The number of hydrogen-bond donors (Lipinski definition) is 2. The fourth-order valence-electron chi connectivity index (χ4n) is 1.19. The van der Waals surface area contributed by atoms with Gasteiger partial charge in [-0.15, -0.1) is 0 Å². The molecule has 0 unspecified atom stereocenters. The van der Waals surface area contributed by atoms with Gasteiger partial charge in [-0.05, 0) is 41.0 Å². The number of rotatable bonds is 8. The standard InChI is InChI=1S/C13H30N2S/c1-7-13(5,6)15-9-11-16-10-8-14-12(2,3)4/h14-15H,7-11H2,1-6H3. The van der Waals surface area contributed by atoms with E-state index >= 15 is 0 Å². The highest BCUT2D eigenvalue weighted by molar-refractivity contribution is 7.99. The van der Waals surface area contributed by atoms with Gasteiger partial charge in [0.1, 0.15) is 0 Å². The van der Waals surface area contributed by atoms with E-state index in [1.165, 1.54) is 17.9 Å². The third kappa shape index (κ3) is 10.8. The van der Waals surface area contributed by atoms with Crippen molar-refractivity contribution in [1.29, 1.82) is 0 Å². The Kier molecular flexibility index (Phi) is 7.70. The van der Waals surface area contributed by atoms with Crippen molar-refractivity contribution in [2.75, 3.05) is 24.6 Å². The van der Waals surface area contributed by atoms with Crippen molar-refractivity contribution < 1.29 is 0 Å². The Bertz CT molecular complexity index is 173. The quantitative estimate of drug-likeness (QED) is 0.644. The van der Waals surface area contributed by atoms with Crippen molar-refractivity contribution in [3.05, 3.63) is 0 Å². The molecule has 0 saturated heterocycles. The number of nitrogens with one attached hydrogen (secondary N) is 2. The first-order chi connectivity index (χ1) is 7.27. The molecule has 0 aromatic heterocycles. The molecule has 0 aliphatic heterocycles. The molecule has 0 aromatic carbocycles. The van der Waals surface area contributed by atoms with Crippen LogP contribution in [0.15, 0.2) is 0 Å². The summed E-state index contributed by atoms with van der Waals surface area (Å²) in [6.45, 7) is 15.6. The van der Waals surface area contributed by atoms with Crippen molar-refractivity contribution in [3.63, 3.8) is 0 Å². The molecule has 0 aliphatic carbocycles. The molecule has 0 atom stereocenters. The van der Waals surface area contributed by atoms with Crippen LogP contribution in [0.5, 0.6) is 0 Å². The van der Waals surface area contributed by atoms with Crippen LogP contribution in [0.2, 0.25) is 0 Å². The maximum absolute atomic E-state index is 3.57. The van der Waals surface area contributed by atoms with E-state index in [0.29, 0.717) is 5.54 Å². The molecule has 0 radical (unpaired) electrons. The summed E-state index contributed by atoms with van der Waals surface area (Å²) >= 11 is 2.02. The van der Waals surface area contributed by atoms with E-state index in [4.69, 9.17) is 0 Å². The van der Waals surface area contributed by atoms with Gasteiger partial charge in [-0.1, -0.05) is 6.92 Å². The highest BCUT2D eigenvalue weighted by atomic mass is 32.2. The molecule has 0 heterocycles. The minimum atomic E-state index is 0.253. The van der Waals surface area contributed by atoms with Gasteiger partial charge < -0.3 is 10.6 Å². The molecular formula is C13H30N2S. The molecule has 2 N–H and O–H groups in total. The predicted octanol–water partition coefficient (Wildman–Crippen LogP) is 2.89. The number of hydrogen-bond acceptors (Lipinski definition) is 3. The Labute approximate surface area is 106 Å². The van der Waals surface area contributed by atoms with E-state index in [9.17, 15) is 0 Å². The second-order valence-electron chi connectivity index (χ2n) is 5.95. The fraction of sp³-hybridized carbons (Fsp3) is 1.00. The third-order valence-corrected chi connectivity index (χ3v) is 3.62. The summed E-state index contributed by atoms with van der Waals surface area (Å²) in [5.41, 5.74) is 0.549. The van der Waals surface area contributed by atoms with Gasteiger partial charge in [-0.3, -0.25) is 0 Å². The Morgan fingerprint density at radius 1 is 0.875 bits per heavy atom. The minimum absolute atomic E-state index is 0.253. The maximum atomic E-state index is 3.57. The first-order valence-electron chi connectivity index (χ1n) is 6.35. The van der Waals surface area contributed by atoms with E-state index in [1.54, 1.807) is 0 Å². The lowest BCUT2D eigenvalue weighted by molar-refractivity contribution is 0.388. The average Bonchev–Trinajstić information content (AvgIpc) is 2.14. The maximum Gasteiger partial charge on any atom is 0.0122 e. The zero-order valence-corrected chi connectivity index (χ0v) is 12.8. The molecule has 0 amide bonds. The van der Waals surface area contributed by atoms with Gasteiger partial charge in [0.15, 0.2) is 0 Å². The van der Waals surface area contributed by atoms with E-state index in [-0.39, 0.29) is 5.54 Å². The van der Waals surface area contributed by atoms with Crippen LogP contribution in [-0.4, -0.2) is 35.7 Å². The van der Waals surface area contributed by atoms with Crippen molar-refractivity contribution in [3.8, 4) is 0 Å². The molecular weight excluding hydrogens is 216 g/mol. The fourth-order valence-corrected chi connectivity index (χ4v) is 1.88. The molecule has 2 nitrogen and oxygen atoms in total. The molecule has 16 heavy (non-hydrogen) atoms. The molecule has 0 fully saturated rings. The van der Waals surface area contributed by atoms with Gasteiger partial charge >= 0.3 is 0 Å².